The minimum atomic E-state index is -0.235. The van der Waals surface area contributed by atoms with E-state index in [2.05, 4.69) is 26.2 Å². The van der Waals surface area contributed by atoms with E-state index in [1.807, 2.05) is 62.4 Å². The topological polar surface area (TPSA) is 64.4 Å². The van der Waals surface area contributed by atoms with Crippen LogP contribution in [-0.4, -0.2) is 17.5 Å². The molecule has 0 saturated heterocycles. The van der Waals surface area contributed by atoms with Gasteiger partial charge in [-0.15, -0.1) is 0 Å². The molecule has 0 aliphatic carbocycles. The van der Waals surface area contributed by atoms with E-state index in [4.69, 9.17) is 9.15 Å². The number of aromatic nitrogens is 1. The Hall–Kier alpha value is -3.12. The zero-order valence-electron chi connectivity index (χ0n) is 16.0. The number of nitrogens with zero attached hydrogens (tertiary/aromatic N) is 1. The third kappa shape index (κ3) is 4.32. The lowest BCUT2D eigenvalue weighted by molar-refractivity contribution is -0.118. The Morgan fingerprint density at radius 3 is 2.69 bits per heavy atom. The highest BCUT2D eigenvalue weighted by molar-refractivity contribution is 9.10. The van der Waals surface area contributed by atoms with Gasteiger partial charge in [-0.25, -0.2) is 4.98 Å². The average molecular weight is 451 g/mol. The molecule has 146 valence electrons. The van der Waals surface area contributed by atoms with Crippen molar-refractivity contribution in [2.75, 3.05) is 11.9 Å². The molecule has 3 aromatic carbocycles. The number of anilines is 1. The summed E-state index contributed by atoms with van der Waals surface area (Å²) in [5.74, 6) is 0.933. The Balaban J connectivity index is 1.51. The number of hydrogen-bond acceptors (Lipinski definition) is 4. The van der Waals surface area contributed by atoms with Gasteiger partial charge in [0.25, 0.3) is 5.91 Å². The fourth-order valence-corrected chi connectivity index (χ4v) is 3.29. The number of ether oxygens (including phenoxy) is 1. The fraction of sp³-hybridized carbons (Fsp3) is 0.130. The van der Waals surface area contributed by atoms with Crippen LogP contribution < -0.4 is 10.1 Å². The van der Waals surface area contributed by atoms with Crippen LogP contribution >= 0.6 is 15.9 Å². The van der Waals surface area contributed by atoms with Crippen LogP contribution in [-0.2, 0) is 4.79 Å². The van der Waals surface area contributed by atoms with Crippen molar-refractivity contribution < 1.29 is 13.9 Å². The van der Waals surface area contributed by atoms with E-state index in [1.165, 1.54) is 0 Å². The van der Waals surface area contributed by atoms with Crippen molar-refractivity contribution in [3.05, 3.63) is 76.3 Å². The highest BCUT2D eigenvalue weighted by Crippen LogP contribution is 2.30. The number of amides is 1. The molecular weight excluding hydrogens is 432 g/mol. The molecule has 4 aromatic rings. The molecule has 0 bridgehead atoms. The SMILES string of the molecule is Cc1ccc2oc(-c3cccc(NC(=O)COc4ccc(Br)cc4)c3C)nc2c1. The number of halogens is 1. The number of hydrogen-bond donors (Lipinski definition) is 1. The van der Waals surface area contributed by atoms with Gasteiger partial charge in [0, 0.05) is 15.7 Å². The summed E-state index contributed by atoms with van der Waals surface area (Å²) < 4.78 is 12.4. The molecule has 29 heavy (non-hydrogen) atoms. The summed E-state index contributed by atoms with van der Waals surface area (Å²) in [6, 6.07) is 18.9. The molecule has 1 heterocycles. The van der Waals surface area contributed by atoms with Gasteiger partial charge in [0.05, 0.1) is 0 Å². The first-order valence-electron chi connectivity index (χ1n) is 9.15. The molecule has 0 saturated carbocycles. The van der Waals surface area contributed by atoms with Gasteiger partial charge >= 0.3 is 0 Å². The minimum absolute atomic E-state index is 0.0759. The lowest BCUT2D eigenvalue weighted by Crippen LogP contribution is -2.20. The number of oxazole rings is 1. The molecule has 1 amide bonds. The summed E-state index contributed by atoms with van der Waals surface area (Å²) in [6.07, 6.45) is 0. The molecule has 0 spiro atoms. The molecule has 0 aliphatic rings. The zero-order valence-corrected chi connectivity index (χ0v) is 17.6. The predicted molar refractivity (Wildman–Crippen MR) is 117 cm³/mol. The molecule has 0 aliphatic heterocycles. The number of nitrogens with one attached hydrogen (secondary N) is 1. The van der Waals surface area contributed by atoms with Crippen molar-refractivity contribution in [2.45, 2.75) is 13.8 Å². The Bertz CT molecular complexity index is 1180. The Morgan fingerprint density at radius 1 is 1.10 bits per heavy atom. The maximum Gasteiger partial charge on any atom is 0.262 e. The van der Waals surface area contributed by atoms with Crippen molar-refractivity contribution in [3.63, 3.8) is 0 Å². The van der Waals surface area contributed by atoms with E-state index in [0.29, 0.717) is 17.3 Å². The van der Waals surface area contributed by atoms with Crippen molar-refractivity contribution in [1.82, 2.24) is 4.98 Å². The number of fused-ring (bicyclic) bond motifs is 1. The van der Waals surface area contributed by atoms with Gasteiger partial charge in [-0.3, -0.25) is 4.79 Å². The smallest absolute Gasteiger partial charge is 0.262 e. The van der Waals surface area contributed by atoms with E-state index in [1.54, 1.807) is 12.1 Å². The summed E-state index contributed by atoms with van der Waals surface area (Å²) >= 11 is 3.37. The second-order valence-corrected chi connectivity index (χ2v) is 7.67. The van der Waals surface area contributed by atoms with Gasteiger partial charge in [0.1, 0.15) is 11.3 Å². The first-order chi connectivity index (χ1) is 14.0. The average Bonchev–Trinajstić information content (AvgIpc) is 3.12. The summed E-state index contributed by atoms with van der Waals surface area (Å²) in [6.45, 7) is 3.87. The zero-order chi connectivity index (χ0) is 20.4. The quantitative estimate of drug-likeness (QED) is 0.411. The van der Waals surface area contributed by atoms with Gasteiger partial charge in [-0.05, 0) is 73.5 Å². The highest BCUT2D eigenvalue weighted by Gasteiger charge is 2.14. The van der Waals surface area contributed by atoms with E-state index in [9.17, 15) is 4.79 Å². The lowest BCUT2D eigenvalue weighted by Gasteiger charge is -2.11. The van der Waals surface area contributed by atoms with Crippen LogP contribution in [0.3, 0.4) is 0 Å². The number of aryl methyl sites for hydroxylation is 1. The standard InChI is InChI=1S/C23H19BrN2O3/c1-14-6-11-21-20(12-14)26-23(29-21)18-4-3-5-19(15(18)2)25-22(27)13-28-17-9-7-16(24)8-10-17/h3-12H,13H2,1-2H3,(H,25,27). The second-order valence-electron chi connectivity index (χ2n) is 6.76. The van der Waals surface area contributed by atoms with E-state index >= 15 is 0 Å². The van der Waals surface area contributed by atoms with Crippen LogP contribution in [0.25, 0.3) is 22.6 Å². The summed E-state index contributed by atoms with van der Waals surface area (Å²) in [4.78, 5) is 16.9. The molecule has 1 aromatic heterocycles. The molecule has 6 heteroatoms. The summed E-state index contributed by atoms with van der Waals surface area (Å²) in [5, 5.41) is 2.90. The molecular formula is C23H19BrN2O3. The number of carbonyl (C=O) groups excluding carboxylic acids is 1. The second kappa shape index (κ2) is 8.09. The van der Waals surface area contributed by atoms with Gasteiger partial charge in [-0.2, -0.15) is 0 Å². The monoisotopic (exact) mass is 450 g/mol. The van der Waals surface area contributed by atoms with Crippen LogP contribution in [0.15, 0.2) is 69.6 Å². The first-order valence-corrected chi connectivity index (χ1v) is 9.94. The molecule has 5 nitrogen and oxygen atoms in total. The summed E-state index contributed by atoms with van der Waals surface area (Å²) in [7, 11) is 0. The number of carbonyl (C=O) groups is 1. The maximum absolute atomic E-state index is 12.3. The summed E-state index contributed by atoms with van der Waals surface area (Å²) in [5.41, 5.74) is 5.10. The van der Waals surface area contributed by atoms with Gasteiger partial charge in [0.15, 0.2) is 12.2 Å². The Morgan fingerprint density at radius 2 is 1.90 bits per heavy atom. The molecule has 0 radical (unpaired) electrons. The molecule has 0 atom stereocenters. The van der Waals surface area contributed by atoms with Crippen molar-refractivity contribution in [1.29, 1.82) is 0 Å². The van der Waals surface area contributed by atoms with Crippen molar-refractivity contribution in [3.8, 4) is 17.2 Å². The number of rotatable bonds is 5. The third-order valence-electron chi connectivity index (χ3n) is 4.56. The van der Waals surface area contributed by atoms with Crippen molar-refractivity contribution in [2.24, 2.45) is 0 Å². The maximum atomic E-state index is 12.3. The van der Waals surface area contributed by atoms with Gasteiger partial charge < -0.3 is 14.5 Å². The Kier molecular flexibility index (Phi) is 5.36. The first kappa shape index (κ1) is 19.2. The van der Waals surface area contributed by atoms with Crippen LogP contribution in [0.5, 0.6) is 5.75 Å². The molecule has 0 fully saturated rings. The minimum Gasteiger partial charge on any atom is -0.484 e. The fourth-order valence-electron chi connectivity index (χ4n) is 3.02. The van der Waals surface area contributed by atoms with Crippen LogP contribution in [0.2, 0.25) is 0 Å². The predicted octanol–water partition coefficient (Wildman–Crippen LogP) is 5.89. The molecule has 1 N–H and O–H groups in total. The van der Waals surface area contributed by atoms with Crippen LogP contribution in [0.1, 0.15) is 11.1 Å². The van der Waals surface area contributed by atoms with Crippen molar-refractivity contribution >= 4 is 38.6 Å². The van der Waals surface area contributed by atoms with Crippen LogP contribution in [0.4, 0.5) is 5.69 Å². The van der Waals surface area contributed by atoms with Crippen LogP contribution in [0, 0.1) is 13.8 Å². The highest BCUT2D eigenvalue weighted by atomic mass is 79.9. The third-order valence-corrected chi connectivity index (χ3v) is 5.09. The van der Waals surface area contributed by atoms with Gasteiger partial charge in [0.2, 0.25) is 5.89 Å². The normalized spacial score (nSPS) is 10.9. The van der Waals surface area contributed by atoms with E-state index < -0.39 is 0 Å². The van der Waals surface area contributed by atoms with E-state index in [-0.39, 0.29) is 12.5 Å². The largest absolute Gasteiger partial charge is 0.484 e. The van der Waals surface area contributed by atoms with E-state index in [0.717, 1.165) is 32.3 Å². The Labute approximate surface area is 176 Å². The molecule has 0 unspecified atom stereocenters. The lowest BCUT2D eigenvalue weighted by atomic mass is 10.1. The molecule has 4 rings (SSSR count). The number of benzene rings is 3. The van der Waals surface area contributed by atoms with Gasteiger partial charge in [-0.1, -0.05) is 28.1 Å².